The molecule has 0 aliphatic heterocycles. The van der Waals surface area contributed by atoms with Gasteiger partial charge in [-0.2, -0.15) is 37.4 Å². The van der Waals surface area contributed by atoms with Crippen molar-refractivity contribution >= 4 is 10.1 Å². The van der Waals surface area contributed by atoms with Gasteiger partial charge < -0.3 is 0 Å². The van der Waals surface area contributed by atoms with Crippen molar-refractivity contribution in [2.75, 3.05) is 0 Å². The molecule has 11 heteroatoms. The summed E-state index contributed by atoms with van der Waals surface area (Å²) < 4.78 is 59.2. The number of allylic oxidation sites excluding steroid dienone is 4. The van der Waals surface area contributed by atoms with Crippen LogP contribution in [0, 0.1) is 34.0 Å². The first kappa shape index (κ1) is 32.9. The molecule has 0 amide bonds. The molecule has 27 heavy (non-hydrogen) atoms. The van der Waals surface area contributed by atoms with Crippen molar-refractivity contribution in [3.8, 4) is 18.2 Å². The number of nitrogens with zero attached hydrogens (tertiary/aromatic N) is 3. The van der Waals surface area contributed by atoms with Crippen molar-refractivity contribution in [1.29, 1.82) is 15.8 Å². The van der Waals surface area contributed by atoms with Crippen LogP contribution in [0.4, 0.5) is 13.2 Å². The predicted molar refractivity (Wildman–Crippen MR) is 96.8 cm³/mol. The van der Waals surface area contributed by atoms with Crippen LogP contribution in [-0.2, 0) is 23.7 Å². The van der Waals surface area contributed by atoms with Gasteiger partial charge >= 0.3 is 80.1 Å². The maximum atomic E-state index is 10.7. The SMILES string of the molecule is CC#N.CC#N.CC#N.O=S(=O)(O)C(F)(F)F.[CH3][Ru]([CH3])([CH3])([CH3])[C]1=CC=CC1. The number of rotatable bonds is 1. The molecular weight excluding hydrogens is 472 g/mol. The Balaban J connectivity index is -0.000000139. The molecule has 1 aliphatic carbocycles. The van der Waals surface area contributed by atoms with Crippen LogP contribution in [0.5, 0.6) is 0 Å². The molecule has 0 atom stereocenters. The summed E-state index contributed by atoms with van der Waals surface area (Å²) in [6.45, 7) is 4.29. The summed E-state index contributed by atoms with van der Waals surface area (Å²) >= 11 is -1.87. The predicted octanol–water partition coefficient (Wildman–Crippen LogP) is 5.70. The number of alkyl halides is 3. The fourth-order valence-corrected chi connectivity index (χ4v) is 3.89. The minimum atomic E-state index is -5.84. The molecule has 0 aromatic rings. The van der Waals surface area contributed by atoms with Crippen LogP contribution in [0.15, 0.2) is 22.4 Å². The Hall–Kier alpha value is -1.73. The Bertz CT molecular complexity index is 677. The van der Waals surface area contributed by atoms with Gasteiger partial charge in [0, 0.05) is 20.8 Å². The van der Waals surface area contributed by atoms with Gasteiger partial charge in [-0.15, -0.1) is 0 Å². The second-order valence-electron chi connectivity index (χ2n) is 5.65. The summed E-state index contributed by atoms with van der Waals surface area (Å²) in [6.07, 6.45) is 7.97. The quantitative estimate of drug-likeness (QED) is 0.280. The van der Waals surface area contributed by atoms with E-state index in [4.69, 9.17) is 28.8 Å². The third kappa shape index (κ3) is 24.3. The van der Waals surface area contributed by atoms with E-state index < -0.39 is 29.2 Å². The topological polar surface area (TPSA) is 126 Å². The van der Waals surface area contributed by atoms with Gasteiger partial charge in [-0.1, -0.05) is 0 Å². The van der Waals surface area contributed by atoms with Gasteiger partial charge in [-0.3, -0.25) is 4.55 Å². The zero-order valence-electron chi connectivity index (χ0n) is 16.4. The van der Waals surface area contributed by atoms with Crippen LogP contribution >= 0.6 is 0 Å². The van der Waals surface area contributed by atoms with Gasteiger partial charge in [-0.25, -0.2) is 0 Å². The molecule has 1 rings (SSSR count). The summed E-state index contributed by atoms with van der Waals surface area (Å²) in [4.78, 5) is 0. The fraction of sp³-hybridized carbons (Fsp3) is 0.562. The van der Waals surface area contributed by atoms with Crippen LogP contribution in [0.1, 0.15) is 27.2 Å². The third-order valence-electron chi connectivity index (χ3n) is 1.92. The van der Waals surface area contributed by atoms with Crippen LogP contribution in [-0.4, -0.2) is 18.5 Å². The van der Waals surface area contributed by atoms with Crippen molar-refractivity contribution in [2.24, 2.45) is 0 Å². The van der Waals surface area contributed by atoms with Gasteiger partial charge in [0.2, 0.25) is 0 Å². The van der Waals surface area contributed by atoms with Crippen LogP contribution in [0.25, 0.3) is 0 Å². The maximum absolute atomic E-state index is 10.7. The van der Waals surface area contributed by atoms with Gasteiger partial charge in [0.15, 0.2) is 0 Å². The first-order valence-corrected chi connectivity index (χ1v) is 16.0. The van der Waals surface area contributed by atoms with Gasteiger partial charge in [-0.05, 0) is 0 Å². The molecule has 0 aromatic heterocycles. The van der Waals surface area contributed by atoms with E-state index in [0.29, 0.717) is 0 Å². The number of halogens is 3. The summed E-state index contributed by atoms with van der Waals surface area (Å²) in [7, 11) is -5.84. The molecule has 0 unspecified atom stereocenters. The zero-order chi connectivity index (χ0) is 23.0. The molecule has 0 radical (unpaired) electrons. The van der Waals surface area contributed by atoms with Crippen molar-refractivity contribution in [3.63, 3.8) is 0 Å². The number of hydrogen-bond donors (Lipinski definition) is 1. The normalized spacial score (nSPS) is 13.2. The molecule has 159 valence electrons. The summed E-state index contributed by atoms with van der Waals surface area (Å²) in [6, 6.07) is 5.25. The van der Waals surface area contributed by atoms with Gasteiger partial charge in [0.1, 0.15) is 0 Å². The average Bonchev–Trinajstić information content (AvgIpc) is 2.92. The van der Waals surface area contributed by atoms with E-state index in [1.165, 1.54) is 27.2 Å². The summed E-state index contributed by atoms with van der Waals surface area (Å²) in [5, 5.41) is 22.0. The molecule has 0 bridgehead atoms. The standard InChI is InChI=1S/C5H5.3C2H3N.CHF3O3S.4CH3.Ru/c1-2-4-5-3-1;3*1-2-3;2-1(3,4)8(5,6)7;;;;;/h1-3H,4H2;3*1H3;(H,5,6,7);4*1H3;. The van der Waals surface area contributed by atoms with E-state index in [1.54, 1.807) is 22.4 Å². The second kappa shape index (κ2) is 14.3. The molecule has 1 aliphatic rings. The van der Waals surface area contributed by atoms with Crippen molar-refractivity contribution < 1.29 is 39.7 Å². The molecule has 0 heterocycles. The van der Waals surface area contributed by atoms with Crippen molar-refractivity contribution in [2.45, 2.75) is 54.8 Å². The molecule has 0 spiro atoms. The molecule has 0 saturated carbocycles. The van der Waals surface area contributed by atoms with E-state index in [0.717, 1.165) is 0 Å². The Morgan fingerprint density at radius 3 is 1.33 bits per heavy atom. The Labute approximate surface area is 161 Å². The second-order valence-corrected chi connectivity index (χ2v) is 22.1. The molecule has 0 fully saturated rings. The van der Waals surface area contributed by atoms with E-state index in [1.807, 2.05) is 0 Å². The average molecular weight is 500 g/mol. The van der Waals surface area contributed by atoms with Crippen LogP contribution < -0.4 is 0 Å². The first-order chi connectivity index (χ1) is 11.9. The summed E-state index contributed by atoms with van der Waals surface area (Å²) in [5.41, 5.74) is 4.28. The van der Waals surface area contributed by atoms with Crippen molar-refractivity contribution in [1.82, 2.24) is 0 Å². The van der Waals surface area contributed by atoms with E-state index >= 15 is 0 Å². The Morgan fingerprint density at radius 1 is 1.00 bits per heavy atom. The minimum absolute atomic E-state index is 1.21. The molecular formula is C16H27F3N3O3RuS. The fourth-order valence-electron chi connectivity index (χ4n) is 0.940. The van der Waals surface area contributed by atoms with E-state index in [-0.39, 0.29) is 0 Å². The van der Waals surface area contributed by atoms with Crippen molar-refractivity contribution in [3.05, 3.63) is 22.4 Å². The van der Waals surface area contributed by atoms with Gasteiger partial charge in [0.25, 0.3) is 0 Å². The Kier molecular flexibility index (Phi) is 17.5. The molecule has 6 nitrogen and oxygen atoms in total. The van der Waals surface area contributed by atoms with Crippen LogP contribution in [0.2, 0.25) is 22.1 Å². The molecule has 0 saturated heterocycles. The summed E-state index contributed by atoms with van der Waals surface area (Å²) in [5.74, 6) is 0. The molecule has 0 aromatic carbocycles. The number of nitriles is 3. The van der Waals surface area contributed by atoms with Crippen LogP contribution in [0.3, 0.4) is 0 Å². The van der Waals surface area contributed by atoms with Gasteiger partial charge in [0.05, 0.1) is 18.2 Å². The van der Waals surface area contributed by atoms with E-state index in [2.05, 4.69) is 40.3 Å². The Morgan fingerprint density at radius 2 is 1.26 bits per heavy atom. The molecule has 1 N–H and O–H groups in total. The zero-order valence-corrected chi connectivity index (χ0v) is 19.0. The number of hydrogen-bond acceptors (Lipinski definition) is 5. The van der Waals surface area contributed by atoms with E-state index in [9.17, 15) is 13.2 Å². The monoisotopic (exact) mass is 500 g/mol. The third-order valence-corrected chi connectivity index (χ3v) is 7.61. The first-order valence-electron chi connectivity index (χ1n) is 6.77.